The van der Waals surface area contributed by atoms with E-state index in [0.717, 1.165) is 5.56 Å². The SMILES string of the molecule is CC(=O)OCCOc1nc(Oc2ccc3c(c2)COB3O)ccc1C#N. The second-order valence-electron chi connectivity index (χ2n) is 5.43. The minimum Gasteiger partial charge on any atom is -0.473 e. The van der Waals surface area contributed by atoms with E-state index < -0.39 is 13.1 Å². The van der Waals surface area contributed by atoms with Crippen LogP contribution >= 0.6 is 0 Å². The van der Waals surface area contributed by atoms with Crippen molar-refractivity contribution < 1.29 is 28.7 Å². The molecule has 3 rings (SSSR count). The molecule has 0 amide bonds. The number of pyridine rings is 1. The molecule has 1 aromatic heterocycles. The minimum atomic E-state index is -0.913. The van der Waals surface area contributed by atoms with E-state index in [1.807, 2.05) is 6.07 Å². The Morgan fingerprint density at radius 3 is 3.00 bits per heavy atom. The molecule has 1 N–H and O–H groups in total. The summed E-state index contributed by atoms with van der Waals surface area (Å²) in [6.45, 7) is 1.73. The van der Waals surface area contributed by atoms with Crippen molar-refractivity contribution in [3.8, 4) is 23.6 Å². The standard InChI is InChI=1S/C17H15BN2O6/c1-11(21)23-6-7-24-17-12(9-19)2-5-16(20-17)26-14-3-4-15-13(8-14)10-25-18(15)22/h2-5,8,22H,6-7,10H2,1H3. The van der Waals surface area contributed by atoms with Crippen molar-refractivity contribution in [2.45, 2.75) is 13.5 Å². The van der Waals surface area contributed by atoms with E-state index in [2.05, 4.69) is 4.98 Å². The van der Waals surface area contributed by atoms with Gasteiger partial charge in [0, 0.05) is 13.0 Å². The molecule has 1 aliphatic rings. The van der Waals surface area contributed by atoms with Crippen molar-refractivity contribution in [3.05, 3.63) is 41.5 Å². The minimum absolute atomic E-state index is 0.0557. The van der Waals surface area contributed by atoms with Gasteiger partial charge >= 0.3 is 13.1 Å². The van der Waals surface area contributed by atoms with Crippen LogP contribution < -0.4 is 14.9 Å². The van der Waals surface area contributed by atoms with Gasteiger partial charge in [-0.15, -0.1) is 0 Å². The Labute approximate surface area is 150 Å². The van der Waals surface area contributed by atoms with Crippen molar-refractivity contribution in [2.24, 2.45) is 0 Å². The third kappa shape index (κ3) is 4.11. The number of carbonyl (C=O) groups is 1. The van der Waals surface area contributed by atoms with E-state index in [4.69, 9.17) is 24.1 Å². The smallest absolute Gasteiger partial charge is 0.473 e. The van der Waals surface area contributed by atoms with E-state index in [1.165, 1.54) is 13.0 Å². The van der Waals surface area contributed by atoms with E-state index in [9.17, 15) is 9.82 Å². The maximum absolute atomic E-state index is 10.7. The maximum Gasteiger partial charge on any atom is 0.491 e. The fourth-order valence-electron chi connectivity index (χ4n) is 2.39. The molecule has 0 saturated heterocycles. The van der Waals surface area contributed by atoms with Gasteiger partial charge in [0.2, 0.25) is 11.8 Å². The fourth-order valence-corrected chi connectivity index (χ4v) is 2.39. The summed E-state index contributed by atoms with van der Waals surface area (Å²) in [6, 6.07) is 10.2. The Kier molecular flexibility index (Phi) is 5.36. The lowest BCUT2D eigenvalue weighted by molar-refractivity contribution is -0.141. The van der Waals surface area contributed by atoms with Crippen molar-refractivity contribution in [1.82, 2.24) is 4.98 Å². The van der Waals surface area contributed by atoms with Crippen LogP contribution in [0, 0.1) is 11.3 Å². The highest BCUT2D eigenvalue weighted by Crippen LogP contribution is 2.25. The number of benzene rings is 1. The van der Waals surface area contributed by atoms with Gasteiger partial charge in [-0.3, -0.25) is 4.79 Å². The van der Waals surface area contributed by atoms with Crippen molar-refractivity contribution in [3.63, 3.8) is 0 Å². The number of fused-ring (bicyclic) bond motifs is 1. The number of aromatic nitrogens is 1. The predicted octanol–water partition coefficient (Wildman–Crippen LogP) is 0.905. The number of esters is 1. The molecule has 0 atom stereocenters. The van der Waals surface area contributed by atoms with Crippen LogP contribution in [0.5, 0.6) is 17.5 Å². The van der Waals surface area contributed by atoms with Gasteiger partial charge in [0.25, 0.3) is 0 Å². The monoisotopic (exact) mass is 354 g/mol. The Morgan fingerprint density at radius 1 is 1.38 bits per heavy atom. The van der Waals surface area contributed by atoms with Crippen LogP contribution in [0.1, 0.15) is 18.1 Å². The first kappa shape index (κ1) is 17.7. The van der Waals surface area contributed by atoms with Crippen LogP contribution in [-0.2, 0) is 20.8 Å². The van der Waals surface area contributed by atoms with E-state index in [1.54, 1.807) is 24.3 Å². The molecule has 0 unspecified atom stereocenters. The highest BCUT2D eigenvalue weighted by Gasteiger charge is 2.27. The van der Waals surface area contributed by atoms with Gasteiger partial charge in [0.15, 0.2) is 0 Å². The molecule has 0 fully saturated rings. The molecule has 2 aromatic rings. The molecule has 0 bridgehead atoms. The fraction of sp³-hybridized carbons (Fsp3) is 0.235. The zero-order valence-corrected chi connectivity index (χ0v) is 14.0. The molecule has 1 aliphatic heterocycles. The molecule has 2 heterocycles. The van der Waals surface area contributed by atoms with Crippen LogP contribution in [0.2, 0.25) is 0 Å². The first-order valence-electron chi connectivity index (χ1n) is 7.84. The summed E-state index contributed by atoms with van der Waals surface area (Å²) >= 11 is 0. The van der Waals surface area contributed by atoms with E-state index in [-0.39, 0.29) is 30.5 Å². The van der Waals surface area contributed by atoms with E-state index >= 15 is 0 Å². The molecule has 9 heteroatoms. The summed E-state index contributed by atoms with van der Waals surface area (Å²) in [5.74, 6) is 0.442. The Morgan fingerprint density at radius 2 is 2.23 bits per heavy atom. The molecule has 132 valence electrons. The third-order valence-electron chi connectivity index (χ3n) is 3.58. The molecule has 1 aromatic carbocycles. The molecule has 26 heavy (non-hydrogen) atoms. The zero-order chi connectivity index (χ0) is 18.5. The molecular weight excluding hydrogens is 339 g/mol. The molecule has 0 aliphatic carbocycles. The van der Waals surface area contributed by atoms with Crippen LogP contribution in [0.4, 0.5) is 0 Å². The second-order valence-corrected chi connectivity index (χ2v) is 5.43. The summed E-state index contributed by atoms with van der Waals surface area (Å²) in [5, 5.41) is 18.8. The Balaban J connectivity index is 1.71. The average molecular weight is 354 g/mol. The summed E-state index contributed by atoms with van der Waals surface area (Å²) < 4.78 is 21.0. The number of nitrogens with zero attached hydrogens (tertiary/aromatic N) is 2. The normalized spacial score (nSPS) is 12.3. The molecule has 0 spiro atoms. The zero-order valence-electron chi connectivity index (χ0n) is 14.0. The van der Waals surface area contributed by atoms with Crippen molar-refractivity contribution >= 4 is 18.6 Å². The van der Waals surface area contributed by atoms with Gasteiger partial charge in [-0.25, -0.2) is 0 Å². The summed E-state index contributed by atoms with van der Waals surface area (Å²) in [7, 11) is -0.913. The number of nitriles is 1. The maximum atomic E-state index is 10.7. The first-order chi connectivity index (χ1) is 12.6. The average Bonchev–Trinajstić information content (AvgIpc) is 2.99. The number of hydrogen-bond donors (Lipinski definition) is 1. The van der Waals surface area contributed by atoms with Gasteiger partial charge in [-0.05, 0) is 29.2 Å². The Bertz CT molecular complexity index is 867. The van der Waals surface area contributed by atoms with Gasteiger partial charge in [-0.1, -0.05) is 6.07 Å². The lowest BCUT2D eigenvalue weighted by Crippen LogP contribution is -2.27. The van der Waals surface area contributed by atoms with Crippen LogP contribution in [-0.4, -0.2) is 36.3 Å². The van der Waals surface area contributed by atoms with Crippen LogP contribution in [0.3, 0.4) is 0 Å². The molecule has 0 saturated carbocycles. The first-order valence-corrected chi connectivity index (χ1v) is 7.84. The lowest BCUT2D eigenvalue weighted by atomic mass is 9.80. The number of ether oxygens (including phenoxy) is 3. The number of rotatable bonds is 6. The summed E-state index contributed by atoms with van der Waals surface area (Å²) in [6.07, 6.45) is 0. The predicted molar refractivity (Wildman–Crippen MR) is 90.0 cm³/mol. The third-order valence-corrected chi connectivity index (χ3v) is 3.58. The highest BCUT2D eigenvalue weighted by molar-refractivity contribution is 6.61. The van der Waals surface area contributed by atoms with Crippen molar-refractivity contribution in [2.75, 3.05) is 13.2 Å². The van der Waals surface area contributed by atoms with Gasteiger partial charge in [-0.2, -0.15) is 10.2 Å². The quantitative estimate of drug-likeness (QED) is 0.463. The molecule has 0 radical (unpaired) electrons. The lowest BCUT2D eigenvalue weighted by Gasteiger charge is -2.10. The highest BCUT2D eigenvalue weighted by atomic mass is 16.6. The van der Waals surface area contributed by atoms with Crippen LogP contribution in [0.15, 0.2) is 30.3 Å². The number of hydrogen-bond acceptors (Lipinski definition) is 8. The van der Waals surface area contributed by atoms with Crippen molar-refractivity contribution in [1.29, 1.82) is 5.26 Å². The van der Waals surface area contributed by atoms with E-state index in [0.29, 0.717) is 17.8 Å². The number of carbonyl (C=O) groups excluding carboxylic acids is 1. The largest absolute Gasteiger partial charge is 0.491 e. The Hall–Kier alpha value is -3.09. The molecule has 8 nitrogen and oxygen atoms in total. The second kappa shape index (κ2) is 7.86. The van der Waals surface area contributed by atoms with Crippen LogP contribution in [0.25, 0.3) is 0 Å². The molecular formula is C17H15BN2O6. The topological polar surface area (TPSA) is 111 Å². The summed E-state index contributed by atoms with van der Waals surface area (Å²) in [5.41, 5.74) is 1.78. The van der Waals surface area contributed by atoms with Gasteiger partial charge in [0.05, 0.1) is 6.61 Å². The van der Waals surface area contributed by atoms with Gasteiger partial charge in [0.1, 0.15) is 30.6 Å². The van der Waals surface area contributed by atoms with Gasteiger partial charge < -0.3 is 23.9 Å². The summed E-state index contributed by atoms with van der Waals surface area (Å²) in [4.78, 5) is 14.9.